The second-order valence-corrected chi connectivity index (χ2v) is 5.32. The van der Waals surface area contributed by atoms with Gasteiger partial charge in [0.25, 0.3) is 0 Å². The van der Waals surface area contributed by atoms with Crippen LogP contribution in [-0.4, -0.2) is 9.78 Å². The Kier molecular flexibility index (Phi) is 4.22. The molecule has 0 radical (unpaired) electrons. The van der Waals surface area contributed by atoms with Gasteiger partial charge in [0, 0.05) is 29.6 Å². The minimum atomic E-state index is 0.756. The maximum Gasteiger partial charge on any atom is 0.0660 e. The van der Waals surface area contributed by atoms with Crippen LogP contribution in [0.15, 0.2) is 67.0 Å². The molecular weight excluding hydrogens is 282 g/mol. The van der Waals surface area contributed by atoms with Gasteiger partial charge in [0.1, 0.15) is 0 Å². The molecule has 1 aromatic heterocycles. The van der Waals surface area contributed by atoms with E-state index in [0.717, 1.165) is 23.8 Å². The van der Waals surface area contributed by atoms with E-state index in [-0.39, 0.29) is 0 Å². The highest BCUT2D eigenvalue weighted by Gasteiger charge is 1.99. The van der Waals surface area contributed by atoms with Crippen LogP contribution in [0.1, 0.15) is 11.1 Å². The molecule has 1 heterocycles. The third-order valence-corrected chi connectivity index (χ3v) is 3.45. The van der Waals surface area contributed by atoms with E-state index in [1.165, 1.54) is 11.1 Å². The SMILES string of the molecule is Clc1cccc(CNc2cccc(Cn3cccn3)c2)c1. The van der Waals surface area contributed by atoms with Gasteiger partial charge in [-0.15, -0.1) is 0 Å². The van der Waals surface area contributed by atoms with Crippen LogP contribution in [0, 0.1) is 0 Å². The summed E-state index contributed by atoms with van der Waals surface area (Å²) >= 11 is 5.99. The number of nitrogens with zero attached hydrogens (tertiary/aromatic N) is 2. The monoisotopic (exact) mass is 297 g/mol. The van der Waals surface area contributed by atoms with Gasteiger partial charge in [-0.05, 0) is 41.5 Å². The van der Waals surface area contributed by atoms with Crippen LogP contribution < -0.4 is 5.32 Å². The summed E-state index contributed by atoms with van der Waals surface area (Å²) in [4.78, 5) is 0. The fourth-order valence-corrected chi connectivity index (χ4v) is 2.42. The third kappa shape index (κ3) is 3.86. The van der Waals surface area contributed by atoms with E-state index in [1.54, 1.807) is 6.20 Å². The van der Waals surface area contributed by atoms with E-state index in [9.17, 15) is 0 Å². The summed E-state index contributed by atoms with van der Waals surface area (Å²) in [6, 6.07) is 18.2. The molecule has 4 heteroatoms. The number of aromatic nitrogens is 2. The van der Waals surface area contributed by atoms with Crippen LogP contribution in [0.2, 0.25) is 5.02 Å². The Morgan fingerprint density at radius 1 is 1.00 bits per heavy atom. The number of nitrogens with one attached hydrogen (secondary N) is 1. The molecule has 0 saturated carbocycles. The van der Waals surface area contributed by atoms with Crippen molar-refractivity contribution in [3.05, 3.63) is 83.1 Å². The van der Waals surface area contributed by atoms with Gasteiger partial charge in [0.05, 0.1) is 6.54 Å². The highest BCUT2D eigenvalue weighted by molar-refractivity contribution is 6.30. The standard InChI is InChI=1S/C17H16ClN3/c18-16-6-1-4-14(10-16)12-19-17-7-2-5-15(11-17)13-21-9-3-8-20-21/h1-11,19H,12-13H2. The minimum Gasteiger partial charge on any atom is -0.381 e. The van der Waals surface area contributed by atoms with Gasteiger partial charge in [0.2, 0.25) is 0 Å². The Bertz CT molecular complexity index is 708. The summed E-state index contributed by atoms with van der Waals surface area (Å²) in [6.45, 7) is 1.53. The predicted molar refractivity (Wildman–Crippen MR) is 86.5 cm³/mol. The van der Waals surface area contributed by atoms with Gasteiger partial charge in [-0.25, -0.2) is 0 Å². The number of benzene rings is 2. The van der Waals surface area contributed by atoms with Crippen molar-refractivity contribution in [2.75, 3.05) is 5.32 Å². The third-order valence-electron chi connectivity index (χ3n) is 3.22. The van der Waals surface area contributed by atoms with Crippen molar-refractivity contribution in [3.8, 4) is 0 Å². The van der Waals surface area contributed by atoms with E-state index < -0.39 is 0 Å². The molecule has 106 valence electrons. The second-order valence-electron chi connectivity index (χ2n) is 4.89. The first kappa shape index (κ1) is 13.7. The molecule has 21 heavy (non-hydrogen) atoms. The second kappa shape index (κ2) is 6.46. The predicted octanol–water partition coefficient (Wildman–Crippen LogP) is 4.20. The summed E-state index contributed by atoms with van der Waals surface area (Å²) in [7, 11) is 0. The Balaban J connectivity index is 1.66. The van der Waals surface area contributed by atoms with Crippen molar-refractivity contribution >= 4 is 17.3 Å². The van der Waals surface area contributed by atoms with Gasteiger partial charge >= 0.3 is 0 Å². The van der Waals surface area contributed by atoms with Gasteiger partial charge in [-0.3, -0.25) is 4.68 Å². The summed E-state index contributed by atoms with van der Waals surface area (Å²) in [5, 5.41) is 8.41. The lowest BCUT2D eigenvalue weighted by Gasteiger charge is -2.09. The molecule has 0 unspecified atom stereocenters. The number of anilines is 1. The summed E-state index contributed by atoms with van der Waals surface area (Å²) in [5.74, 6) is 0. The summed E-state index contributed by atoms with van der Waals surface area (Å²) in [6.07, 6.45) is 3.76. The van der Waals surface area contributed by atoms with Crippen molar-refractivity contribution in [1.82, 2.24) is 9.78 Å². The van der Waals surface area contributed by atoms with Crippen molar-refractivity contribution < 1.29 is 0 Å². The molecule has 0 bridgehead atoms. The Morgan fingerprint density at radius 3 is 2.67 bits per heavy atom. The van der Waals surface area contributed by atoms with Crippen LogP contribution in [0.4, 0.5) is 5.69 Å². The lowest BCUT2D eigenvalue weighted by Crippen LogP contribution is -2.02. The number of halogens is 1. The zero-order valence-electron chi connectivity index (χ0n) is 11.5. The number of hydrogen-bond donors (Lipinski definition) is 1. The molecule has 0 aliphatic rings. The number of hydrogen-bond acceptors (Lipinski definition) is 2. The fraction of sp³-hybridized carbons (Fsp3) is 0.118. The van der Waals surface area contributed by atoms with Crippen LogP contribution in [-0.2, 0) is 13.1 Å². The zero-order chi connectivity index (χ0) is 14.5. The molecule has 0 aliphatic heterocycles. The normalized spacial score (nSPS) is 10.5. The van der Waals surface area contributed by atoms with Crippen molar-refractivity contribution in [2.45, 2.75) is 13.1 Å². The van der Waals surface area contributed by atoms with Crippen molar-refractivity contribution in [3.63, 3.8) is 0 Å². The van der Waals surface area contributed by atoms with Crippen molar-refractivity contribution in [1.29, 1.82) is 0 Å². The number of rotatable bonds is 5. The molecule has 0 saturated heterocycles. The molecule has 3 aromatic rings. The average Bonchev–Trinajstić information content (AvgIpc) is 2.99. The van der Waals surface area contributed by atoms with E-state index in [2.05, 4.69) is 40.7 Å². The van der Waals surface area contributed by atoms with E-state index >= 15 is 0 Å². The van der Waals surface area contributed by atoms with Gasteiger partial charge in [0.15, 0.2) is 0 Å². The van der Waals surface area contributed by atoms with Gasteiger partial charge in [-0.1, -0.05) is 35.9 Å². The topological polar surface area (TPSA) is 29.9 Å². The Labute approximate surface area is 129 Å². The Hall–Kier alpha value is -2.26. The van der Waals surface area contributed by atoms with Crippen LogP contribution >= 0.6 is 11.6 Å². The average molecular weight is 298 g/mol. The first-order valence-electron chi connectivity index (χ1n) is 6.84. The van der Waals surface area contributed by atoms with E-state index in [1.807, 2.05) is 35.1 Å². The van der Waals surface area contributed by atoms with Gasteiger partial charge in [-0.2, -0.15) is 5.10 Å². The maximum absolute atomic E-state index is 5.99. The molecule has 0 fully saturated rings. The molecule has 0 spiro atoms. The van der Waals surface area contributed by atoms with Gasteiger partial charge < -0.3 is 5.32 Å². The van der Waals surface area contributed by atoms with Crippen LogP contribution in [0.5, 0.6) is 0 Å². The summed E-state index contributed by atoms with van der Waals surface area (Å²) < 4.78 is 1.91. The first-order chi connectivity index (χ1) is 10.3. The fourth-order valence-electron chi connectivity index (χ4n) is 2.21. The largest absolute Gasteiger partial charge is 0.381 e. The van der Waals surface area contributed by atoms with Crippen LogP contribution in [0.3, 0.4) is 0 Å². The molecule has 0 atom stereocenters. The highest BCUT2D eigenvalue weighted by Crippen LogP contribution is 2.15. The van der Waals surface area contributed by atoms with E-state index in [0.29, 0.717) is 0 Å². The quantitative estimate of drug-likeness (QED) is 0.765. The maximum atomic E-state index is 5.99. The zero-order valence-corrected chi connectivity index (χ0v) is 12.3. The molecular formula is C17H16ClN3. The first-order valence-corrected chi connectivity index (χ1v) is 7.22. The molecule has 3 nitrogen and oxygen atoms in total. The molecule has 1 N–H and O–H groups in total. The summed E-state index contributed by atoms with van der Waals surface area (Å²) in [5.41, 5.74) is 3.48. The lowest BCUT2D eigenvalue weighted by atomic mass is 10.2. The molecule has 0 amide bonds. The minimum absolute atomic E-state index is 0.756. The highest BCUT2D eigenvalue weighted by atomic mass is 35.5. The molecule has 3 rings (SSSR count). The van der Waals surface area contributed by atoms with Crippen LogP contribution in [0.25, 0.3) is 0 Å². The smallest absolute Gasteiger partial charge is 0.0660 e. The Morgan fingerprint density at radius 2 is 1.86 bits per heavy atom. The molecule has 2 aromatic carbocycles. The van der Waals surface area contributed by atoms with Crippen molar-refractivity contribution in [2.24, 2.45) is 0 Å². The molecule has 0 aliphatic carbocycles. The lowest BCUT2D eigenvalue weighted by molar-refractivity contribution is 0.687. The van der Waals surface area contributed by atoms with E-state index in [4.69, 9.17) is 11.6 Å².